The fourth-order valence-electron chi connectivity index (χ4n) is 2.22. The lowest BCUT2D eigenvalue weighted by Gasteiger charge is -2.06. The molecule has 0 fully saturated rings. The van der Waals surface area contributed by atoms with Crippen molar-refractivity contribution in [3.05, 3.63) is 51.9 Å². The highest BCUT2D eigenvalue weighted by Gasteiger charge is 2.12. The van der Waals surface area contributed by atoms with E-state index in [0.717, 1.165) is 8.00 Å². The summed E-state index contributed by atoms with van der Waals surface area (Å²) < 4.78 is 4.03. The van der Waals surface area contributed by atoms with E-state index in [-0.39, 0.29) is 0 Å². The molecule has 4 heteroatoms. The quantitative estimate of drug-likeness (QED) is 0.443. The minimum Gasteiger partial charge on any atom is -0.302 e. The van der Waals surface area contributed by atoms with Crippen molar-refractivity contribution in [3.63, 3.8) is 0 Å². The first-order valence-corrected chi connectivity index (χ1v) is 7.77. The lowest BCUT2D eigenvalue weighted by atomic mass is 10.2. The maximum Gasteiger partial charge on any atom is 0.111 e. The van der Waals surface area contributed by atoms with Gasteiger partial charge in [0, 0.05) is 10.8 Å². The number of para-hydroxylation sites is 2. The van der Waals surface area contributed by atoms with Crippen molar-refractivity contribution < 1.29 is 0 Å². The van der Waals surface area contributed by atoms with Crippen molar-refractivity contribution in [1.82, 2.24) is 4.57 Å². The number of aromatic nitrogens is 1. The van der Waals surface area contributed by atoms with Crippen LogP contribution >= 0.6 is 47.8 Å². The number of hydrogen-bond donors (Lipinski definition) is 0. The van der Waals surface area contributed by atoms with Crippen molar-refractivity contribution in [3.8, 4) is 0 Å². The summed E-state index contributed by atoms with van der Waals surface area (Å²) in [5, 5.41) is 2.51. The maximum atomic E-state index is 3.62. The molecule has 3 rings (SSSR count). The number of halogens is 3. The van der Waals surface area contributed by atoms with Crippen LogP contribution in [0.2, 0.25) is 0 Å². The number of fused-ring (bicyclic) bond motifs is 3. The van der Waals surface area contributed by atoms with Gasteiger partial charge >= 0.3 is 0 Å². The van der Waals surface area contributed by atoms with Gasteiger partial charge in [0.15, 0.2) is 0 Å². The van der Waals surface area contributed by atoms with E-state index >= 15 is 0 Å². The molecular weight excluding hydrogens is 422 g/mol. The molecule has 0 spiro atoms. The first kappa shape index (κ1) is 12.5. The fraction of sp³-hybridized carbons (Fsp3) is 0. The minimum atomic E-state index is 0.890. The first-order chi connectivity index (χ1) is 8.70. The van der Waals surface area contributed by atoms with Crippen LogP contribution in [-0.4, -0.2) is 4.57 Å². The monoisotopic (exact) mass is 427 g/mol. The summed E-state index contributed by atoms with van der Waals surface area (Å²) in [7, 11) is 0. The molecule has 0 amide bonds. The molecule has 0 N–H and O–H groups in total. The summed E-state index contributed by atoms with van der Waals surface area (Å²) in [5.41, 5.74) is 2.36. The molecule has 90 valence electrons. The average molecular weight is 430 g/mol. The summed E-state index contributed by atoms with van der Waals surface area (Å²) in [5.74, 6) is 0. The summed E-state index contributed by atoms with van der Waals surface area (Å²) in [6.45, 7) is 0. The standard InChI is InChI=1S/C14H8Br3N/c15-13(16)14(17)18-11-7-3-1-5-9(11)10-6-2-4-8-12(10)18/h1-8H. The van der Waals surface area contributed by atoms with Crippen LogP contribution in [0.1, 0.15) is 0 Å². The molecule has 0 saturated heterocycles. The van der Waals surface area contributed by atoms with Crippen LogP contribution in [-0.2, 0) is 0 Å². The van der Waals surface area contributed by atoms with Crippen molar-refractivity contribution in [1.29, 1.82) is 0 Å². The minimum absolute atomic E-state index is 0.890. The van der Waals surface area contributed by atoms with Gasteiger partial charge in [0.1, 0.15) is 4.61 Å². The van der Waals surface area contributed by atoms with Crippen molar-refractivity contribution in [2.75, 3.05) is 0 Å². The lowest BCUT2D eigenvalue weighted by Crippen LogP contribution is -1.90. The Balaban J connectivity index is 2.58. The highest BCUT2D eigenvalue weighted by atomic mass is 79.9. The lowest BCUT2D eigenvalue weighted by molar-refractivity contribution is 1.28. The van der Waals surface area contributed by atoms with Crippen LogP contribution in [0.15, 0.2) is 51.9 Å². The van der Waals surface area contributed by atoms with Crippen molar-refractivity contribution in [2.24, 2.45) is 0 Å². The molecule has 0 radical (unpaired) electrons. The molecular formula is C14H8Br3N. The molecule has 3 aromatic rings. The van der Waals surface area contributed by atoms with Gasteiger partial charge in [0.05, 0.1) is 14.4 Å². The second-order valence-electron chi connectivity index (χ2n) is 3.92. The molecule has 18 heavy (non-hydrogen) atoms. The third-order valence-corrected chi connectivity index (χ3v) is 5.50. The van der Waals surface area contributed by atoms with Crippen LogP contribution in [0, 0.1) is 0 Å². The van der Waals surface area contributed by atoms with Gasteiger partial charge in [-0.1, -0.05) is 36.4 Å². The van der Waals surface area contributed by atoms with E-state index in [9.17, 15) is 0 Å². The largest absolute Gasteiger partial charge is 0.302 e. The molecule has 0 aliphatic heterocycles. The predicted molar refractivity (Wildman–Crippen MR) is 89.4 cm³/mol. The first-order valence-electron chi connectivity index (χ1n) is 5.39. The number of nitrogens with zero attached hydrogens (tertiary/aromatic N) is 1. The molecule has 1 heterocycles. The predicted octanol–water partition coefficient (Wildman–Crippen LogP) is 6.06. The molecule has 0 unspecified atom stereocenters. The van der Waals surface area contributed by atoms with Gasteiger partial charge in [-0.25, -0.2) is 0 Å². The Bertz CT molecular complexity index is 714. The Morgan fingerprint density at radius 1 is 0.722 bits per heavy atom. The number of rotatable bonds is 1. The van der Waals surface area contributed by atoms with Gasteiger partial charge in [-0.15, -0.1) is 0 Å². The SMILES string of the molecule is BrC(Br)=C(Br)n1c2ccccc2c2ccccc21. The average Bonchev–Trinajstić information content (AvgIpc) is 2.72. The van der Waals surface area contributed by atoms with Crippen LogP contribution in [0.5, 0.6) is 0 Å². The zero-order chi connectivity index (χ0) is 12.7. The van der Waals surface area contributed by atoms with Gasteiger partial charge < -0.3 is 4.57 Å². The fourth-order valence-corrected chi connectivity index (χ4v) is 2.96. The smallest absolute Gasteiger partial charge is 0.111 e. The van der Waals surface area contributed by atoms with E-state index in [1.54, 1.807) is 0 Å². The number of benzene rings is 2. The molecule has 1 nitrogen and oxygen atoms in total. The third-order valence-electron chi connectivity index (χ3n) is 2.93. The van der Waals surface area contributed by atoms with E-state index in [4.69, 9.17) is 0 Å². The third kappa shape index (κ3) is 1.87. The van der Waals surface area contributed by atoms with E-state index in [2.05, 4.69) is 101 Å². The summed E-state index contributed by atoms with van der Waals surface area (Å²) in [6.07, 6.45) is 0. The second-order valence-corrected chi connectivity index (χ2v) is 7.32. The topological polar surface area (TPSA) is 4.93 Å². The number of hydrogen-bond acceptors (Lipinski definition) is 0. The van der Waals surface area contributed by atoms with E-state index in [0.29, 0.717) is 0 Å². The molecule has 0 aliphatic carbocycles. The molecule has 0 atom stereocenters. The van der Waals surface area contributed by atoms with Crippen LogP contribution < -0.4 is 0 Å². The normalized spacial score (nSPS) is 11.1. The van der Waals surface area contributed by atoms with Gasteiger partial charge in [-0.2, -0.15) is 0 Å². The van der Waals surface area contributed by atoms with Gasteiger partial charge in [-0.05, 0) is 59.9 Å². The summed E-state index contributed by atoms with van der Waals surface area (Å²) >= 11 is 10.5. The summed E-state index contributed by atoms with van der Waals surface area (Å²) in [4.78, 5) is 0. The van der Waals surface area contributed by atoms with Crippen LogP contribution in [0.4, 0.5) is 0 Å². The summed E-state index contributed by atoms with van der Waals surface area (Å²) in [6, 6.07) is 16.8. The van der Waals surface area contributed by atoms with Gasteiger partial charge in [-0.3, -0.25) is 0 Å². The zero-order valence-electron chi connectivity index (χ0n) is 9.20. The Morgan fingerprint density at radius 2 is 1.17 bits per heavy atom. The van der Waals surface area contributed by atoms with Crippen molar-refractivity contribution in [2.45, 2.75) is 0 Å². The van der Waals surface area contributed by atoms with E-state index < -0.39 is 0 Å². The Kier molecular flexibility index (Phi) is 3.34. The van der Waals surface area contributed by atoms with Crippen molar-refractivity contribution >= 4 is 74.2 Å². The van der Waals surface area contributed by atoms with E-state index in [1.165, 1.54) is 21.8 Å². The van der Waals surface area contributed by atoms with E-state index in [1.807, 2.05) is 0 Å². The molecule has 0 aliphatic rings. The highest BCUT2D eigenvalue weighted by Crippen LogP contribution is 2.36. The van der Waals surface area contributed by atoms with Crippen LogP contribution in [0.3, 0.4) is 0 Å². The molecule has 0 saturated carbocycles. The maximum absolute atomic E-state index is 3.62. The highest BCUT2D eigenvalue weighted by molar-refractivity contribution is 9.29. The van der Waals surface area contributed by atoms with Gasteiger partial charge in [0.2, 0.25) is 0 Å². The molecule has 0 bridgehead atoms. The zero-order valence-corrected chi connectivity index (χ0v) is 14.0. The molecule has 2 aromatic carbocycles. The second kappa shape index (κ2) is 4.83. The Labute approximate surface area is 130 Å². The Morgan fingerprint density at radius 3 is 1.61 bits per heavy atom. The van der Waals surface area contributed by atoms with Crippen LogP contribution in [0.25, 0.3) is 26.4 Å². The van der Waals surface area contributed by atoms with Gasteiger partial charge in [0.25, 0.3) is 0 Å². The Hall–Kier alpha value is -0.580. The molecule has 1 aromatic heterocycles.